The van der Waals surface area contributed by atoms with Crippen LogP contribution >= 0.6 is 12.4 Å². The van der Waals surface area contributed by atoms with Crippen molar-refractivity contribution in [2.45, 2.75) is 32.0 Å². The Morgan fingerprint density at radius 1 is 1.33 bits per heavy atom. The van der Waals surface area contributed by atoms with Crippen LogP contribution in [0.15, 0.2) is 0 Å². The van der Waals surface area contributed by atoms with Crippen molar-refractivity contribution in [3.63, 3.8) is 0 Å². The van der Waals surface area contributed by atoms with Gasteiger partial charge in [0.25, 0.3) is 0 Å². The first-order valence-electron chi connectivity index (χ1n) is 4.93. The molecule has 2 N–H and O–H groups in total. The molecule has 0 aliphatic carbocycles. The molecule has 92 valence electrons. The summed E-state index contributed by atoms with van der Waals surface area (Å²) >= 11 is 0. The summed E-state index contributed by atoms with van der Waals surface area (Å²) in [5.41, 5.74) is 5.70. The molecule has 0 spiro atoms. The topological polar surface area (TPSA) is 29.3 Å². The Kier molecular flexibility index (Phi) is 5.92. The van der Waals surface area contributed by atoms with E-state index in [1.807, 2.05) is 6.92 Å². The van der Waals surface area contributed by atoms with E-state index in [1.54, 1.807) is 0 Å². The molecule has 1 rings (SSSR count). The van der Waals surface area contributed by atoms with E-state index < -0.39 is 12.7 Å². The Bertz CT molecular complexity index is 177. The largest absolute Gasteiger partial charge is 0.401 e. The van der Waals surface area contributed by atoms with E-state index in [0.29, 0.717) is 19.0 Å². The van der Waals surface area contributed by atoms with Crippen LogP contribution in [-0.4, -0.2) is 36.8 Å². The molecule has 1 aliphatic rings. The van der Waals surface area contributed by atoms with Crippen molar-refractivity contribution in [3.8, 4) is 0 Å². The van der Waals surface area contributed by atoms with Crippen molar-refractivity contribution in [2.75, 3.05) is 19.6 Å². The monoisotopic (exact) mass is 246 g/mol. The zero-order chi connectivity index (χ0) is 10.8. The first-order chi connectivity index (χ1) is 6.38. The summed E-state index contributed by atoms with van der Waals surface area (Å²) in [7, 11) is 0. The fraction of sp³-hybridized carbons (Fsp3) is 1.00. The highest BCUT2D eigenvalue weighted by Crippen LogP contribution is 2.23. The van der Waals surface area contributed by atoms with Gasteiger partial charge in [-0.15, -0.1) is 12.4 Å². The lowest BCUT2D eigenvalue weighted by Crippen LogP contribution is -2.43. The fourth-order valence-electron chi connectivity index (χ4n) is 1.89. The predicted octanol–water partition coefficient (Wildman–Crippen LogP) is 2.03. The molecular formula is C9H18ClF3N2. The standard InChI is InChI=1S/C9H17F3N2.ClH/c1-7(13)8-2-4-14(5-3-8)6-9(10,11)12;/h7-8H,2-6,13H2,1H3;1H. The zero-order valence-corrected chi connectivity index (χ0v) is 9.57. The maximum atomic E-state index is 12.0. The van der Waals surface area contributed by atoms with E-state index in [4.69, 9.17) is 5.73 Å². The van der Waals surface area contributed by atoms with Crippen LogP contribution in [0, 0.1) is 5.92 Å². The van der Waals surface area contributed by atoms with Gasteiger partial charge >= 0.3 is 6.18 Å². The Morgan fingerprint density at radius 2 is 1.80 bits per heavy atom. The summed E-state index contributed by atoms with van der Waals surface area (Å²) in [6.07, 6.45) is -2.50. The van der Waals surface area contributed by atoms with Crippen LogP contribution in [0.5, 0.6) is 0 Å². The average molecular weight is 247 g/mol. The smallest absolute Gasteiger partial charge is 0.328 e. The zero-order valence-electron chi connectivity index (χ0n) is 8.76. The van der Waals surface area contributed by atoms with Crippen molar-refractivity contribution < 1.29 is 13.2 Å². The van der Waals surface area contributed by atoms with Crippen LogP contribution in [0.2, 0.25) is 0 Å². The molecule has 1 saturated heterocycles. The molecule has 2 nitrogen and oxygen atoms in total. The molecule has 0 aromatic heterocycles. The summed E-state index contributed by atoms with van der Waals surface area (Å²) < 4.78 is 36.1. The van der Waals surface area contributed by atoms with Crippen molar-refractivity contribution in [1.29, 1.82) is 0 Å². The normalized spacial score (nSPS) is 22.2. The average Bonchev–Trinajstić information content (AvgIpc) is 2.02. The van der Waals surface area contributed by atoms with Gasteiger partial charge in [0.15, 0.2) is 0 Å². The van der Waals surface area contributed by atoms with E-state index in [1.165, 1.54) is 4.90 Å². The molecule has 15 heavy (non-hydrogen) atoms. The minimum atomic E-state index is -4.07. The lowest BCUT2D eigenvalue weighted by Gasteiger charge is -2.33. The molecule has 6 heteroatoms. The highest BCUT2D eigenvalue weighted by Gasteiger charge is 2.32. The predicted molar refractivity (Wildman–Crippen MR) is 56.1 cm³/mol. The number of halogens is 4. The minimum Gasteiger partial charge on any atom is -0.328 e. The van der Waals surface area contributed by atoms with Gasteiger partial charge in [-0.05, 0) is 38.8 Å². The number of rotatable bonds is 2. The van der Waals surface area contributed by atoms with Crippen molar-refractivity contribution >= 4 is 12.4 Å². The number of hydrogen-bond acceptors (Lipinski definition) is 2. The van der Waals surface area contributed by atoms with Gasteiger partial charge in [0.1, 0.15) is 0 Å². The molecule has 1 unspecified atom stereocenters. The third kappa shape index (κ3) is 5.58. The highest BCUT2D eigenvalue weighted by atomic mass is 35.5. The Balaban J connectivity index is 0.00000196. The number of nitrogens with zero attached hydrogens (tertiary/aromatic N) is 1. The second kappa shape index (κ2) is 5.92. The molecule has 0 aromatic rings. The number of nitrogens with two attached hydrogens (primary N) is 1. The van der Waals surface area contributed by atoms with Crippen LogP contribution in [0.4, 0.5) is 13.2 Å². The molecule has 1 heterocycles. The second-order valence-electron chi connectivity index (χ2n) is 4.09. The molecule has 1 aliphatic heterocycles. The molecular weight excluding hydrogens is 229 g/mol. The van der Waals surface area contributed by atoms with Crippen LogP contribution in [0.1, 0.15) is 19.8 Å². The maximum absolute atomic E-state index is 12.0. The van der Waals surface area contributed by atoms with Crippen molar-refractivity contribution in [2.24, 2.45) is 11.7 Å². The van der Waals surface area contributed by atoms with Gasteiger partial charge in [-0.1, -0.05) is 0 Å². The van der Waals surface area contributed by atoms with E-state index in [0.717, 1.165) is 12.8 Å². The summed E-state index contributed by atoms with van der Waals surface area (Å²) in [5, 5.41) is 0. The van der Waals surface area contributed by atoms with Crippen LogP contribution in [-0.2, 0) is 0 Å². The Morgan fingerprint density at radius 3 is 2.13 bits per heavy atom. The third-order valence-corrected chi connectivity index (χ3v) is 2.78. The SMILES string of the molecule is CC(N)C1CCN(CC(F)(F)F)CC1.Cl. The molecule has 0 radical (unpaired) electrons. The third-order valence-electron chi connectivity index (χ3n) is 2.78. The van der Waals surface area contributed by atoms with Crippen molar-refractivity contribution in [1.82, 2.24) is 4.90 Å². The number of likely N-dealkylation sites (tertiary alicyclic amines) is 1. The van der Waals surface area contributed by atoms with Gasteiger partial charge in [0, 0.05) is 6.04 Å². The van der Waals surface area contributed by atoms with Crippen LogP contribution in [0.3, 0.4) is 0 Å². The van der Waals surface area contributed by atoms with Gasteiger partial charge in [-0.2, -0.15) is 13.2 Å². The summed E-state index contributed by atoms with van der Waals surface area (Å²) in [6, 6.07) is 0.100. The Labute approximate surface area is 94.4 Å². The lowest BCUT2D eigenvalue weighted by atomic mass is 9.91. The summed E-state index contributed by atoms with van der Waals surface area (Å²) in [6.45, 7) is 2.18. The minimum absolute atomic E-state index is 0. The molecule has 0 saturated carbocycles. The molecule has 0 bridgehead atoms. The lowest BCUT2D eigenvalue weighted by molar-refractivity contribution is -0.148. The fourth-order valence-corrected chi connectivity index (χ4v) is 1.89. The van der Waals surface area contributed by atoms with E-state index in [-0.39, 0.29) is 18.4 Å². The van der Waals surface area contributed by atoms with Crippen LogP contribution < -0.4 is 5.73 Å². The summed E-state index contributed by atoms with van der Waals surface area (Å²) in [5.74, 6) is 0.388. The van der Waals surface area contributed by atoms with Gasteiger partial charge in [-0.25, -0.2) is 0 Å². The van der Waals surface area contributed by atoms with Gasteiger partial charge < -0.3 is 5.73 Å². The van der Waals surface area contributed by atoms with E-state index >= 15 is 0 Å². The highest BCUT2D eigenvalue weighted by molar-refractivity contribution is 5.85. The van der Waals surface area contributed by atoms with Crippen molar-refractivity contribution in [3.05, 3.63) is 0 Å². The Hall–Kier alpha value is -0.0000000000000000555. The molecule has 0 aromatic carbocycles. The van der Waals surface area contributed by atoms with Crippen LogP contribution in [0.25, 0.3) is 0 Å². The number of hydrogen-bond donors (Lipinski definition) is 1. The van der Waals surface area contributed by atoms with E-state index in [2.05, 4.69) is 0 Å². The van der Waals surface area contributed by atoms with Gasteiger partial charge in [0.05, 0.1) is 6.54 Å². The molecule has 1 atom stereocenters. The van der Waals surface area contributed by atoms with E-state index in [9.17, 15) is 13.2 Å². The summed E-state index contributed by atoms with van der Waals surface area (Å²) in [4.78, 5) is 1.46. The quantitative estimate of drug-likeness (QED) is 0.808. The first-order valence-corrected chi connectivity index (χ1v) is 4.93. The maximum Gasteiger partial charge on any atom is 0.401 e. The molecule has 1 fully saturated rings. The first kappa shape index (κ1) is 15.0. The second-order valence-corrected chi connectivity index (χ2v) is 4.09. The van der Waals surface area contributed by atoms with Gasteiger partial charge in [0.2, 0.25) is 0 Å². The number of piperidine rings is 1. The molecule has 0 amide bonds. The number of alkyl halides is 3. The van der Waals surface area contributed by atoms with Gasteiger partial charge in [-0.3, -0.25) is 4.90 Å².